The maximum absolute atomic E-state index is 12.2. The van der Waals surface area contributed by atoms with Crippen molar-refractivity contribution in [2.75, 3.05) is 20.3 Å². The second-order valence-electron chi connectivity index (χ2n) is 4.27. The molecule has 0 spiro atoms. The predicted octanol–water partition coefficient (Wildman–Crippen LogP) is 0.882. The average Bonchev–Trinajstić information content (AvgIpc) is 2.37. The van der Waals surface area contributed by atoms with E-state index < -0.39 is 10.0 Å². The van der Waals surface area contributed by atoms with Gasteiger partial charge in [-0.05, 0) is 12.0 Å². The summed E-state index contributed by atoms with van der Waals surface area (Å²) in [5, 5.41) is 0. The summed E-state index contributed by atoms with van der Waals surface area (Å²) < 4.78 is 31.9. The van der Waals surface area contributed by atoms with Crippen molar-refractivity contribution < 1.29 is 13.2 Å². The van der Waals surface area contributed by atoms with Crippen LogP contribution in [0.15, 0.2) is 29.2 Å². The van der Waals surface area contributed by atoms with Crippen LogP contribution in [0, 0.1) is 5.92 Å². The zero-order chi connectivity index (χ0) is 14.5. The third-order valence-corrected chi connectivity index (χ3v) is 4.22. The smallest absolute Gasteiger partial charge is 0.241 e. The van der Waals surface area contributed by atoms with Crippen molar-refractivity contribution in [3.63, 3.8) is 0 Å². The van der Waals surface area contributed by atoms with Gasteiger partial charge in [-0.15, -0.1) is 0 Å². The van der Waals surface area contributed by atoms with Gasteiger partial charge in [-0.3, -0.25) is 0 Å². The molecule has 0 fully saturated rings. The Morgan fingerprint density at radius 2 is 2.11 bits per heavy atom. The minimum absolute atomic E-state index is 0.0610. The standard InChI is InChI=1S/C12H18N2O3S2/c1-9(8-17-2)7-14-19(15,16)11-6-4-3-5-10(11)12(13)18/h3-6,9,14H,7-8H2,1-2H3,(H2,13,18). The third kappa shape index (κ3) is 4.54. The van der Waals surface area contributed by atoms with E-state index in [1.807, 2.05) is 6.92 Å². The molecule has 106 valence electrons. The molecule has 1 rings (SSSR count). The van der Waals surface area contributed by atoms with Gasteiger partial charge >= 0.3 is 0 Å². The molecule has 1 unspecified atom stereocenters. The summed E-state index contributed by atoms with van der Waals surface area (Å²) in [7, 11) is -2.05. The van der Waals surface area contributed by atoms with Gasteiger partial charge in [0.2, 0.25) is 10.0 Å². The van der Waals surface area contributed by atoms with Crippen molar-refractivity contribution in [2.24, 2.45) is 11.7 Å². The maximum atomic E-state index is 12.2. The summed E-state index contributed by atoms with van der Waals surface area (Å²) in [5.74, 6) is 0.0803. The monoisotopic (exact) mass is 302 g/mol. The number of nitrogens with two attached hydrogens (primary N) is 1. The van der Waals surface area contributed by atoms with Crippen molar-refractivity contribution in [2.45, 2.75) is 11.8 Å². The van der Waals surface area contributed by atoms with Crippen LogP contribution in [0.2, 0.25) is 0 Å². The molecule has 0 aliphatic carbocycles. The lowest BCUT2D eigenvalue weighted by Gasteiger charge is -2.13. The van der Waals surface area contributed by atoms with Crippen LogP contribution in [0.5, 0.6) is 0 Å². The van der Waals surface area contributed by atoms with Crippen molar-refractivity contribution in [3.05, 3.63) is 29.8 Å². The zero-order valence-corrected chi connectivity index (χ0v) is 12.6. The van der Waals surface area contributed by atoms with Crippen LogP contribution in [-0.2, 0) is 14.8 Å². The van der Waals surface area contributed by atoms with Crippen molar-refractivity contribution in [3.8, 4) is 0 Å². The number of hydrogen-bond acceptors (Lipinski definition) is 4. The van der Waals surface area contributed by atoms with Crippen LogP contribution >= 0.6 is 12.2 Å². The molecule has 1 aromatic rings. The largest absolute Gasteiger partial charge is 0.389 e. The third-order valence-electron chi connectivity index (χ3n) is 2.52. The van der Waals surface area contributed by atoms with E-state index in [0.717, 1.165) is 0 Å². The van der Waals surface area contributed by atoms with E-state index in [1.54, 1.807) is 25.3 Å². The van der Waals surface area contributed by atoms with Gasteiger partial charge in [0.25, 0.3) is 0 Å². The Kier molecular flexibility index (Phi) is 5.86. The van der Waals surface area contributed by atoms with Crippen molar-refractivity contribution in [1.29, 1.82) is 0 Å². The topological polar surface area (TPSA) is 81.4 Å². The molecular weight excluding hydrogens is 284 g/mol. The summed E-state index contributed by atoms with van der Waals surface area (Å²) >= 11 is 4.86. The highest BCUT2D eigenvalue weighted by Gasteiger charge is 2.19. The first-order valence-corrected chi connectivity index (χ1v) is 7.65. The van der Waals surface area contributed by atoms with Crippen molar-refractivity contribution >= 4 is 27.2 Å². The number of ether oxygens (including phenoxy) is 1. The fourth-order valence-electron chi connectivity index (χ4n) is 1.58. The van der Waals surface area contributed by atoms with Gasteiger partial charge in [-0.1, -0.05) is 37.3 Å². The van der Waals surface area contributed by atoms with Gasteiger partial charge in [0.05, 0.1) is 4.90 Å². The normalized spacial score (nSPS) is 13.2. The van der Waals surface area contributed by atoms with Gasteiger partial charge in [0, 0.05) is 25.8 Å². The molecule has 0 aliphatic heterocycles. The second-order valence-corrected chi connectivity index (χ2v) is 6.45. The molecule has 7 heteroatoms. The number of sulfonamides is 1. The fraction of sp³-hybridized carbons (Fsp3) is 0.417. The van der Waals surface area contributed by atoms with E-state index in [1.165, 1.54) is 6.07 Å². The highest BCUT2D eigenvalue weighted by molar-refractivity contribution is 7.89. The molecule has 0 radical (unpaired) electrons. The van der Waals surface area contributed by atoms with Gasteiger partial charge in [0.1, 0.15) is 4.99 Å². The summed E-state index contributed by atoms with van der Waals surface area (Å²) in [6, 6.07) is 6.41. The number of thiocarbonyl (C=S) groups is 1. The second kappa shape index (κ2) is 6.95. The Morgan fingerprint density at radius 3 is 2.68 bits per heavy atom. The number of benzene rings is 1. The van der Waals surface area contributed by atoms with Gasteiger partial charge in [-0.25, -0.2) is 13.1 Å². The molecule has 0 saturated heterocycles. The Bertz CT molecular complexity index is 544. The minimum Gasteiger partial charge on any atom is -0.389 e. The number of methoxy groups -OCH3 is 1. The lowest BCUT2D eigenvalue weighted by atomic mass is 10.2. The SMILES string of the molecule is COCC(C)CNS(=O)(=O)c1ccccc1C(N)=S. The van der Waals surface area contributed by atoms with Crippen LogP contribution in [-0.4, -0.2) is 33.7 Å². The van der Waals surface area contributed by atoms with Gasteiger partial charge in [-0.2, -0.15) is 0 Å². The maximum Gasteiger partial charge on any atom is 0.241 e. The molecule has 0 aromatic heterocycles. The summed E-state index contributed by atoms with van der Waals surface area (Å²) in [4.78, 5) is 0.165. The molecule has 19 heavy (non-hydrogen) atoms. The van der Waals surface area contributed by atoms with Crippen LogP contribution in [0.25, 0.3) is 0 Å². The van der Waals surface area contributed by atoms with Crippen LogP contribution in [0.3, 0.4) is 0 Å². The summed E-state index contributed by atoms with van der Waals surface area (Å²) in [6.45, 7) is 2.67. The zero-order valence-electron chi connectivity index (χ0n) is 10.9. The molecule has 1 aromatic carbocycles. The Labute approximate surface area is 119 Å². The van der Waals surface area contributed by atoms with Gasteiger partial charge in [0.15, 0.2) is 0 Å². The van der Waals surface area contributed by atoms with E-state index in [4.69, 9.17) is 22.7 Å². The molecule has 3 N–H and O–H groups in total. The summed E-state index contributed by atoms with van der Waals surface area (Å²) in [5.41, 5.74) is 5.89. The lowest BCUT2D eigenvalue weighted by molar-refractivity contribution is 0.161. The van der Waals surface area contributed by atoms with E-state index >= 15 is 0 Å². The highest BCUT2D eigenvalue weighted by atomic mass is 32.2. The van der Waals surface area contributed by atoms with Crippen LogP contribution in [0.1, 0.15) is 12.5 Å². The molecule has 0 bridgehead atoms. The average molecular weight is 302 g/mol. The van der Waals surface area contributed by atoms with E-state index in [2.05, 4.69) is 4.72 Å². The molecule has 0 saturated carbocycles. The summed E-state index contributed by atoms with van der Waals surface area (Å²) in [6.07, 6.45) is 0. The van der Waals surface area contributed by atoms with Gasteiger partial charge < -0.3 is 10.5 Å². The minimum atomic E-state index is -3.62. The molecular formula is C12H18N2O3S2. The molecule has 0 aliphatic rings. The Morgan fingerprint density at radius 1 is 1.47 bits per heavy atom. The Hall–Kier alpha value is -1.02. The molecule has 5 nitrogen and oxygen atoms in total. The number of rotatable bonds is 7. The number of nitrogens with one attached hydrogen (secondary N) is 1. The first kappa shape index (κ1) is 16.0. The van der Waals surface area contributed by atoms with E-state index in [-0.39, 0.29) is 15.8 Å². The molecule has 1 atom stereocenters. The van der Waals surface area contributed by atoms with Crippen molar-refractivity contribution in [1.82, 2.24) is 4.72 Å². The predicted molar refractivity (Wildman–Crippen MR) is 78.6 cm³/mol. The Balaban J connectivity index is 2.92. The lowest BCUT2D eigenvalue weighted by Crippen LogP contribution is -2.31. The highest BCUT2D eigenvalue weighted by Crippen LogP contribution is 2.15. The quantitative estimate of drug-likeness (QED) is 0.731. The molecule has 0 heterocycles. The fourth-order valence-corrected chi connectivity index (χ4v) is 3.20. The number of hydrogen-bond donors (Lipinski definition) is 2. The van der Waals surface area contributed by atoms with Crippen LogP contribution in [0.4, 0.5) is 0 Å². The first-order chi connectivity index (χ1) is 8.88. The van der Waals surface area contributed by atoms with Crippen LogP contribution < -0.4 is 10.5 Å². The van der Waals surface area contributed by atoms with E-state index in [9.17, 15) is 8.42 Å². The molecule has 0 amide bonds. The first-order valence-electron chi connectivity index (χ1n) is 5.76. The van der Waals surface area contributed by atoms with E-state index in [0.29, 0.717) is 18.7 Å².